The number of allylic oxidation sites excluding steroid dienone is 1. The third-order valence-corrected chi connectivity index (χ3v) is 1.65. The van der Waals surface area contributed by atoms with Gasteiger partial charge in [0.15, 0.2) is 0 Å². The predicted molar refractivity (Wildman–Crippen MR) is 51.3 cm³/mol. The molecule has 1 rings (SSSR count). The lowest BCUT2D eigenvalue weighted by Gasteiger charge is -2.00. The highest BCUT2D eigenvalue weighted by atomic mass is 16.3. The molecule has 68 valence electrons. The molecule has 0 aromatic heterocycles. The molecule has 3 N–H and O–H groups in total. The molecule has 3 nitrogen and oxygen atoms in total. The summed E-state index contributed by atoms with van der Waals surface area (Å²) in [5.74, 6) is -0.704. The fourth-order valence-corrected chi connectivity index (χ4v) is 1.05. The fraction of sp³-hybridized carbons (Fsp3) is 0.100. The fourth-order valence-electron chi connectivity index (χ4n) is 1.05. The average molecular weight is 177 g/mol. The summed E-state index contributed by atoms with van der Waals surface area (Å²) in [5.41, 5.74) is 6.05. The van der Waals surface area contributed by atoms with Crippen molar-refractivity contribution < 1.29 is 9.90 Å². The van der Waals surface area contributed by atoms with Gasteiger partial charge >= 0.3 is 0 Å². The zero-order valence-electron chi connectivity index (χ0n) is 7.32. The van der Waals surface area contributed by atoms with Gasteiger partial charge in [-0.05, 0) is 24.6 Å². The zero-order chi connectivity index (χ0) is 9.84. The molecule has 0 unspecified atom stereocenters. The van der Waals surface area contributed by atoms with Crippen molar-refractivity contribution in [3.8, 4) is 5.75 Å². The second-order valence-electron chi connectivity index (χ2n) is 2.64. The van der Waals surface area contributed by atoms with E-state index in [9.17, 15) is 9.90 Å². The standard InChI is InChI=1S/C10H11NO2/c1-2-3-7-4-5-9(12)8(6-7)10(11)13/h2-6,12H,1H3,(H2,11,13)/b3-2+. The lowest BCUT2D eigenvalue weighted by atomic mass is 10.1. The Labute approximate surface area is 76.5 Å². The number of aromatic hydroxyl groups is 1. The maximum Gasteiger partial charge on any atom is 0.252 e. The number of primary amides is 1. The van der Waals surface area contributed by atoms with E-state index < -0.39 is 5.91 Å². The number of hydrogen-bond donors (Lipinski definition) is 2. The van der Waals surface area contributed by atoms with Crippen LogP contribution >= 0.6 is 0 Å². The van der Waals surface area contributed by atoms with Crippen molar-refractivity contribution in [1.82, 2.24) is 0 Å². The van der Waals surface area contributed by atoms with Gasteiger partial charge in [0.05, 0.1) is 5.56 Å². The van der Waals surface area contributed by atoms with Crippen LogP contribution in [-0.2, 0) is 0 Å². The molecule has 0 aliphatic heterocycles. The first-order chi connectivity index (χ1) is 6.15. The van der Waals surface area contributed by atoms with E-state index in [4.69, 9.17) is 5.73 Å². The minimum absolute atomic E-state index is 0.0826. The first-order valence-corrected chi connectivity index (χ1v) is 3.90. The molecule has 0 heterocycles. The zero-order valence-corrected chi connectivity index (χ0v) is 7.32. The van der Waals surface area contributed by atoms with Gasteiger partial charge in [-0.2, -0.15) is 0 Å². The van der Waals surface area contributed by atoms with E-state index in [0.29, 0.717) is 0 Å². The Hall–Kier alpha value is -1.77. The van der Waals surface area contributed by atoms with Crippen LogP contribution in [-0.4, -0.2) is 11.0 Å². The average Bonchev–Trinajstić information content (AvgIpc) is 2.08. The summed E-state index contributed by atoms with van der Waals surface area (Å²) in [7, 11) is 0. The lowest BCUT2D eigenvalue weighted by molar-refractivity contribution is 0.0998. The smallest absolute Gasteiger partial charge is 0.252 e. The monoisotopic (exact) mass is 177 g/mol. The third kappa shape index (κ3) is 2.08. The van der Waals surface area contributed by atoms with E-state index in [-0.39, 0.29) is 11.3 Å². The molecule has 0 bridgehead atoms. The van der Waals surface area contributed by atoms with Crippen LogP contribution in [0.5, 0.6) is 5.75 Å². The van der Waals surface area contributed by atoms with Crippen LogP contribution in [0.1, 0.15) is 22.8 Å². The number of benzene rings is 1. The van der Waals surface area contributed by atoms with E-state index in [0.717, 1.165) is 5.56 Å². The normalized spacial score (nSPS) is 10.5. The Balaban J connectivity index is 3.18. The van der Waals surface area contributed by atoms with Crippen molar-refractivity contribution in [3.05, 3.63) is 35.4 Å². The van der Waals surface area contributed by atoms with Crippen molar-refractivity contribution in [3.63, 3.8) is 0 Å². The minimum atomic E-state index is -0.621. The van der Waals surface area contributed by atoms with Crippen LogP contribution in [0.15, 0.2) is 24.3 Å². The van der Waals surface area contributed by atoms with Gasteiger partial charge in [0, 0.05) is 0 Å². The van der Waals surface area contributed by atoms with E-state index in [2.05, 4.69) is 0 Å². The predicted octanol–water partition coefficient (Wildman–Crippen LogP) is 1.52. The molecule has 0 saturated carbocycles. The van der Waals surface area contributed by atoms with Crippen LogP contribution in [0, 0.1) is 0 Å². The third-order valence-electron chi connectivity index (χ3n) is 1.65. The maximum atomic E-state index is 10.8. The van der Waals surface area contributed by atoms with E-state index in [1.807, 2.05) is 19.1 Å². The van der Waals surface area contributed by atoms with Gasteiger partial charge in [-0.3, -0.25) is 4.79 Å². The summed E-state index contributed by atoms with van der Waals surface area (Å²) in [6.07, 6.45) is 3.67. The summed E-state index contributed by atoms with van der Waals surface area (Å²) in [5, 5.41) is 9.25. The van der Waals surface area contributed by atoms with Gasteiger partial charge in [0.25, 0.3) is 5.91 Å². The second-order valence-corrected chi connectivity index (χ2v) is 2.64. The molecule has 1 amide bonds. The number of hydrogen-bond acceptors (Lipinski definition) is 2. The molecule has 0 aliphatic rings. The Morgan fingerprint density at radius 1 is 1.54 bits per heavy atom. The summed E-state index contributed by atoms with van der Waals surface area (Å²) in [6, 6.07) is 4.72. The molecular weight excluding hydrogens is 166 g/mol. The Kier molecular flexibility index (Phi) is 2.69. The highest BCUT2D eigenvalue weighted by Gasteiger charge is 2.06. The summed E-state index contributed by atoms with van der Waals surface area (Å²) in [6.45, 7) is 1.87. The molecule has 1 aromatic rings. The van der Waals surface area contributed by atoms with Crippen LogP contribution in [0.2, 0.25) is 0 Å². The first-order valence-electron chi connectivity index (χ1n) is 3.90. The van der Waals surface area contributed by atoms with Crippen molar-refractivity contribution in [2.24, 2.45) is 5.73 Å². The van der Waals surface area contributed by atoms with E-state index in [1.54, 1.807) is 12.1 Å². The summed E-state index contributed by atoms with van der Waals surface area (Å²) >= 11 is 0. The van der Waals surface area contributed by atoms with Gasteiger partial charge in [-0.15, -0.1) is 0 Å². The van der Waals surface area contributed by atoms with Crippen molar-refractivity contribution in [2.45, 2.75) is 6.92 Å². The topological polar surface area (TPSA) is 63.3 Å². The number of amides is 1. The van der Waals surface area contributed by atoms with Crippen LogP contribution in [0.25, 0.3) is 6.08 Å². The maximum absolute atomic E-state index is 10.8. The molecule has 1 aromatic carbocycles. The van der Waals surface area contributed by atoms with E-state index >= 15 is 0 Å². The lowest BCUT2D eigenvalue weighted by Crippen LogP contribution is -2.11. The van der Waals surface area contributed by atoms with Crippen LogP contribution < -0.4 is 5.73 Å². The molecule has 0 atom stereocenters. The number of phenols is 1. The Bertz CT molecular complexity index is 356. The van der Waals surface area contributed by atoms with Gasteiger partial charge in [0.2, 0.25) is 0 Å². The SMILES string of the molecule is C/C=C/c1ccc(O)c(C(N)=O)c1. The quantitative estimate of drug-likeness (QED) is 0.719. The number of carbonyl (C=O) groups is 1. The largest absolute Gasteiger partial charge is 0.507 e. The number of nitrogens with two attached hydrogens (primary N) is 1. The van der Waals surface area contributed by atoms with Crippen molar-refractivity contribution in [1.29, 1.82) is 0 Å². The molecule has 0 aliphatic carbocycles. The summed E-state index contributed by atoms with van der Waals surface area (Å²) < 4.78 is 0. The minimum Gasteiger partial charge on any atom is -0.507 e. The molecular formula is C10H11NO2. The summed E-state index contributed by atoms with van der Waals surface area (Å²) in [4.78, 5) is 10.8. The molecule has 0 fully saturated rings. The highest BCUT2D eigenvalue weighted by molar-refractivity contribution is 5.96. The van der Waals surface area contributed by atoms with Crippen molar-refractivity contribution in [2.75, 3.05) is 0 Å². The number of carbonyl (C=O) groups excluding carboxylic acids is 1. The Morgan fingerprint density at radius 2 is 2.23 bits per heavy atom. The molecule has 3 heteroatoms. The van der Waals surface area contributed by atoms with Gasteiger partial charge < -0.3 is 10.8 Å². The van der Waals surface area contributed by atoms with Crippen LogP contribution in [0.3, 0.4) is 0 Å². The second kappa shape index (κ2) is 3.76. The number of rotatable bonds is 2. The van der Waals surface area contributed by atoms with Gasteiger partial charge in [-0.25, -0.2) is 0 Å². The Morgan fingerprint density at radius 3 is 2.77 bits per heavy atom. The molecule has 0 spiro atoms. The molecule has 0 radical (unpaired) electrons. The van der Waals surface area contributed by atoms with Gasteiger partial charge in [-0.1, -0.05) is 18.2 Å². The molecule has 13 heavy (non-hydrogen) atoms. The van der Waals surface area contributed by atoms with Crippen molar-refractivity contribution >= 4 is 12.0 Å². The van der Waals surface area contributed by atoms with E-state index in [1.165, 1.54) is 6.07 Å². The first kappa shape index (κ1) is 9.32. The van der Waals surface area contributed by atoms with Gasteiger partial charge in [0.1, 0.15) is 5.75 Å². The van der Waals surface area contributed by atoms with Crippen LogP contribution in [0.4, 0.5) is 0 Å². The molecule has 0 saturated heterocycles. The highest BCUT2D eigenvalue weighted by Crippen LogP contribution is 2.18.